The van der Waals surface area contributed by atoms with E-state index in [0.29, 0.717) is 22.9 Å². The second-order valence-corrected chi connectivity index (χ2v) is 4.47. The molecule has 0 saturated heterocycles. The van der Waals surface area contributed by atoms with Gasteiger partial charge in [0.2, 0.25) is 0 Å². The van der Waals surface area contributed by atoms with Crippen LogP contribution < -0.4 is 4.74 Å². The van der Waals surface area contributed by atoms with Crippen LogP contribution in [-0.4, -0.2) is 9.78 Å². The molecule has 4 nitrogen and oxygen atoms in total. The number of nitrogens with zero attached hydrogens (tertiary/aromatic N) is 3. The maximum atomic E-state index is 8.84. The van der Waals surface area contributed by atoms with Crippen molar-refractivity contribution < 1.29 is 4.74 Å². The molecule has 0 aliphatic rings. The summed E-state index contributed by atoms with van der Waals surface area (Å²) in [6.45, 7) is 4.95. The first kappa shape index (κ1) is 13.4. The van der Waals surface area contributed by atoms with Gasteiger partial charge >= 0.3 is 0 Å². The van der Waals surface area contributed by atoms with E-state index in [4.69, 9.17) is 21.6 Å². The normalized spacial score (nSPS) is 10.2. The molecule has 0 amide bonds. The second kappa shape index (κ2) is 5.77. The van der Waals surface area contributed by atoms with Crippen molar-refractivity contribution in [1.82, 2.24) is 9.78 Å². The van der Waals surface area contributed by atoms with Gasteiger partial charge in [0.25, 0.3) is 0 Å². The van der Waals surface area contributed by atoms with Gasteiger partial charge in [0.1, 0.15) is 12.4 Å². The van der Waals surface area contributed by atoms with Gasteiger partial charge in [-0.15, -0.1) is 0 Å². The Balaban J connectivity index is 2.16. The summed E-state index contributed by atoms with van der Waals surface area (Å²) < 4.78 is 7.50. The van der Waals surface area contributed by atoms with E-state index in [1.165, 1.54) is 0 Å². The lowest BCUT2D eigenvalue weighted by molar-refractivity contribution is 0.292. The number of aromatic nitrogens is 2. The first-order chi connectivity index (χ1) is 9.15. The van der Waals surface area contributed by atoms with Gasteiger partial charge in [0.15, 0.2) is 0 Å². The minimum Gasteiger partial charge on any atom is -0.487 e. The number of rotatable bonds is 4. The minimum absolute atomic E-state index is 0.336. The molecule has 19 heavy (non-hydrogen) atoms. The van der Waals surface area contributed by atoms with Crippen molar-refractivity contribution in [2.45, 2.75) is 27.0 Å². The zero-order valence-corrected chi connectivity index (χ0v) is 11.6. The van der Waals surface area contributed by atoms with Gasteiger partial charge in [-0.2, -0.15) is 10.4 Å². The summed E-state index contributed by atoms with van der Waals surface area (Å²) >= 11 is 6.20. The molecule has 98 valence electrons. The van der Waals surface area contributed by atoms with Crippen molar-refractivity contribution in [3.05, 3.63) is 46.2 Å². The molecule has 2 rings (SSSR count). The Morgan fingerprint density at radius 3 is 2.95 bits per heavy atom. The van der Waals surface area contributed by atoms with Crippen molar-refractivity contribution in [2.75, 3.05) is 0 Å². The van der Waals surface area contributed by atoms with Crippen LogP contribution in [-0.2, 0) is 13.2 Å². The maximum absolute atomic E-state index is 8.84. The third-order valence-electron chi connectivity index (χ3n) is 2.79. The molecule has 2 aromatic rings. The third kappa shape index (κ3) is 2.88. The van der Waals surface area contributed by atoms with E-state index in [2.05, 4.69) is 11.2 Å². The molecule has 0 spiro atoms. The average molecular weight is 276 g/mol. The quantitative estimate of drug-likeness (QED) is 0.860. The van der Waals surface area contributed by atoms with Crippen LogP contribution in [0.15, 0.2) is 24.3 Å². The van der Waals surface area contributed by atoms with Crippen LogP contribution in [0.1, 0.15) is 23.9 Å². The standard InChI is InChI=1S/C14H14ClN3O/c1-3-18-13(14(15)10(2)17-18)9-19-12-6-4-5-11(7-12)8-16/h4-7H,3,9H2,1-2H3. The number of ether oxygens (including phenoxy) is 1. The smallest absolute Gasteiger partial charge is 0.131 e. The Kier molecular flexibility index (Phi) is 4.08. The van der Waals surface area contributed by atoms with Crippen LogP contribution in [0, 0.1) is 18.3 Å². The van der Waals surface area contributed by atoms with Gasteiger partial charge in [-0.25, -0.2) is 0 Å². The van der Waals surface area contributed by atoms with Crippen LogP contribution >= 0.6 is 11.6 Å². The van der Waals surface area contributed by atoms with Crippen LogP contribution in [0.2, 0.25) is 5.02 Å². The van der Waals surface area contributed by atoms with Crippen molar-refractivity contribution in [3.63, 3.8) is 0 Å². The SMILES string of the molecule is CCn1nc(C)c(Cl)c1COc1cccc(C#N)c1. The summed E-state index contributed by atoms with van der Waals surface area (Å²) in [6.07, 6.45) is 0. The fraction of sp³-hybridized carbons (Fsp3) is 0.286. The lowest BCUT2D eigenvalue weighted by Crippen LogP contribution is -2.06. The molecule has 1 aromatic heterocycles. The summed E-state index contributed by atoms with van der Waals surface area (Å²) in [5.41, 5.74) is 2.22. The third-order valence-corrected chi connectivity index (χ3v) is 3.28. The number of aryl methyl sites for hydroxylation is 2. The van der Waals surface area contributed by atoms with Crippen molar-refractivity contribution in [1.29, 1.82) is 5.26 Å². The Labute approximate surface area is 117 Å². The predicted molar refractivity (Wildman–Crippen MR) is 73.1 cm³/mol. The van der Waals surface area contributed by atoms with Crippen LogP contribution in [0.3, 0.4) is 0 Å². The monoisotopic (exact) mass is 275 g/mol. The van der Waals surface area contributed by atoms with E-state index in [-0.39, 0.29) is 0 Å². The molecular weight excluding hydrogens is 262 g/mol. The number of benzene rings is 1. The molecule has 0 aliphatic carbocycles. The number of halogens is 1. The van der Waals surface area contributed by atoms with Crippen LogP contribution in [0.25, 0.3) is 0 Å². The van der Waals surface area contributed by atoms with Gasteiger partial charge < -0.3 is 4.74 Å². The van der Waals surface area contributed by atoms with Gasteiger partial charge in [0.05, 0.1) is 28.0 Å². The topological polar surface area (TPSA) is 50.8 Å². The molecule has 0 unspecified atom stereocenters. The molecule has 0 atom stereocenters. The van der Waals surface area contributed by atoms with Crippen molar-refractivity contribution in [2.24, 2.45) is 0 Å². The van der Waals surface area contributed by atoms with Gasteiger partial charge in [-0.3, -0.25) is 4.68 Å². The predicted octanol–water partition coefficient (Wildman–Crippen LogP) is 3.32. The van der Waals surface area contributed by atoms with E-state index < -0.39 is 0 Å². The largest absolute Gasteiger partial charge is 0.487 e. The number of nitriles is 1. The zero-order chi connectivity index (χ0) is 13.8. The molecule has 0 fully saturated rings. The molecule has 0 N–H and O–H groups in total. The van der Waals surface area contributed by atoms with E-state index in [0.717, 1.165) is 17.9 Å². The molecule has 1 aromatic carbocycles. The number of hydrogen-bond acceptors (Lipinski definition) is 3. The molecule has 5 heteroatoms. The Hall–Kier alpha value is -1.99. The molecule has 0 aliphatic heterocycles. The first-order valence-corrected chi connectivity index (χ1v) is 6.38. The highest BCUT2D eigenvalue weighted by Gasteiger charge is 2.13. The van der Waals surface area contributed by atoms with E-state index >= 15 is 0 Å². The lowest BCUT2D eigenvalue weighted by atomic mass is 10.2. The molecule has 0 bridgehead atoms. The van der Waals surface area contributed by atoms with E-state index in [1.54, 1.807) is 18.2 Å². The Morgan fingerprint density at radius 1 is 1.47 bits per heavy atom. The van der Waals surface area contributed by atoms with Gasteiger partial charge in [-0.1, -0.05) is 17.7 Å². The fourth-order valence-corrected chi connectivity index (χ4v) is 2.00. The minimum atomic E-state index is 0.336. The van der Waals surface area contributed by atoms with Gasteiger partial charge in [-0.05, 0) is 32.0 Å². The lowest BCUT2D eigenvalue weighted by Gasteiger charge is -2.08. The van der Waals surface area contributed by atoms with Gasteiger partial charge in [0, 0.05) is 6.54 Å². The second-order valence-electron chi connectivity index (χ2n) is 4.09. The van der Waals surface area contributed by atoms with Crippen LogP contribution in [0.4, 0.5) is 0 Å². The highest BCUT2D eigenvalue weighted by atomic mass is 35.5. The molecule has 0 saturated carbocycles. The summed E-state index contributed by atoms with van der Waals surface area (Å²) in [7, 11) is 0. The first-order valence-electron chi connectivity index (χ1n) is 6.00. The summed E-state index contributed by atoms with van der Waals surface area (Å²) in [5.74, 6) is 0.650. The highest BCUT2D eigenvalue weighted by Crippen LogP contribution is 2.22. The highest BCUT2D eigenvalue weighted by molar-refractivity contribution is 6.31. The van der Waals surface area contributed by atoms with Crippen LogP contribution in [0.5, 0.6) is 5.75 Å². The van der Waals surface area contributed by atoms with E-state index in [9.17, 15) is 0 Å². The summed E-state index contributed by atoms with van der Waals surface area (Å²) in [4.78, 5) is 0. The summed E-state index contributed by atoms with van der Waals surface area (Å²) in [6, 6.07) is 9.12. The van der Waals surface area contributed by atoms with Crippen molar-refractivity contribution >= 4 is 11.6 Å². The number of hydrogen-bond donors (Lipinski definition) is 0. The Morgan fingerprint density at radius 2 is 2.26 bits per heavy atom. The molecular formula is C14H14ClN3O. The molecule has 0 radical (unpaired) electrons. The maximum Gasteiger partial charge on any atom is 0.131 e. The zero-order valence-electron chi connectivity index (χ0n) is 10.9. The van der Waals surface area contributed by atoms with E-state index in [1.807, 2.05) is 24.6 Å². The Bertz CT molecular complexity index is 628. The summed E-state index contributed by atoms with van der Waals surface area (Å²) in [5, 5.41) is 13.8. The average Bonchev–Trinajstić information content (AvgIpc) is 2.72. The van der Waals surface area contributed by atoms with Crippen molar-refractivity contribution in [3.8, 4) is 11.8 Å². The molecule has 1 heterocycles. The fourth-order valence-electron chi connectivity index (χ4n) is 1.81.